The van der Waals surface area contributed by atoms with Gasteiger partial charge in [-0.25, -0.2) is 9.59 Å². The molecule has 0 radical (unpaired) electrons. The fraction of sp³-hybridized carbons (Fsp3) is 0.500. The van der Waals surface area contributed by atoms with Gasteiger partial charge in [-0.15, -0.1) is 0 Å². The van der Waals surface area contributed by atoms with E-state index in [-0.39, 0.29) is 19.0 Å². The van der Waals surface area contributed by atoms with E-state index < -0.39 is 23.4 Å². The molecule has 8 heteroatoms. The van der Waals surface area contributed by atoms with Gasteiger partial charge in [0.15, 0.2) is 0 Å². The highest BCUT2D eigenvalue weighted by Gasteiger charge is 2.47. The Morgan fingerprint density at radius 2 is 1.86 bits per heavy atom. The second-order valence-corrected chi connectivity index (χ2v) is 7.55. The molecule has 1 fully saturated rings. The number of benzene rings is 1. The van der Waals surface area contributed by atoms with Crippen LogP contribution in [-0.4, -0.2) is 47.9 Å². The lowest BCUT2D eigenvalue weighted by atomic mass is 9.92. The summed E-state index contributed by atoms with van der Waals surface area (Å²) >= 11 is 0. The molecular formula is C20H27N3O5. The molecular weight excluding hydrogens is 362 g/mol. The van der Waals surface area contributed by atoms with Gasteiger partial charge < -0.3 is 15.4 Å². The fourth-order valence-corrected chi connectivity index (χ4v) is 2.91. The number of urea groups is 1. The van der Waals surface area contributed by atoms with Crippen LogP contribution in [0.3, 0.4) is 0 Å². The van der Waals surface area contributed by atoms with E-state index in [4.69, 9.17) is 0 Å². The molecule has 1 aromatic carbocycles. The van der Waals surface area contributed by atoms with Crippen LogP contribution in [0.25, 0.3) is 0 Å². The number of ether oxygens (including phenoxy) is 1. The third-order valence-corrected chi connectivity index (χ3v) is 4.73. The van der Waals surface area contributed by atoms with Gasteiger partial charge in [-0.2, -0.15) is 0 Å². The summed E-state index contributed by atoms with van der Waals surface area (Å²) in [5, 5.41) is 5.38. The highest BCUT2D eigenvalue weighted by molar-refractivity contribution is 6.08. The lowest BCUT2D eigenvalue weighted by molar-refractivity contribution is -0.134. The first-order chi connectivity index (χ1) is 13.2. The van der Waals surface area contributed by atoms with Crippen LogP contribution in [0.5, 0.6) is 0 Å². The van der Waals surface area contributed by atoms with Gasteiger partial charge in [0.05, 0.1) is 12.7 Å². The average molecular weight is 389 g/mol. The van der Waals surface area contributed by atoms with Crippen molar-refractivity contribution in [1.82, 2.24) is 15.5 Å². The van der Waals surface area contributed by atoms with Gasteiger partial charge in [-0.3, -0.25) is 14.5 Å². The zero-order valence-electron chi connectivity index (χ0n) is 16.7. The van der Waals surface area contributed by atoms with Gasteiger partial charge in [0.25, 0.3) is 5.91 Å². The molecule has 8 nitrogen and oxygen atoms in total. The van der Waals surface area contributed by atoms with Crippen molar-refractivity contribution in [1.29, 1.82) is 0 Å². The number of amides is 4. The molecule has 0 aromatic heterocycles. The van der Waals surface area contributed by atoms with Crippen molar-refractivity contribution >= 4 is 23.8 Å². The second-order valence-electron chi connectivity index (χ2n) is 7.55. The van der Waals surface area contributed by atoms with Crippen LogP contribution in [0, 0.1) is 5.92 Å². The quantitative estimate of drug-likeness (QED) is 0.521. The highest BCUT2D eigenvalue weighted by Crippen LogP contribution is 2.24. The minimum Gasteiger partial charge on any atom is -0.465 e. The Morgan fingerprint density at radius 3 is 2.43 bits per heavy atom. The predicted octanol–water partition coefficient (Wildman–Crippen LogP) is 1.84. The van der Waals surface area contributed by atoms with Gasteiger partial charge >= 0.3 is 12.0 Å². The summed E-state index contributed by atoms with van der Waals surface area (Å²) in [6.45, 7) is 5.67. The fourth-order valence-electron chi connectivity index (χ4n) is 2.91. The number of methoxy groups -OCH3 is 1. The zero-order chi connectivity index (χ0) is 20.9. The Hall–Kier alpha value is -2.90. The van der Waals surface area contributed by atoms with Crippen molar-refractivity contribution in [3.05, 3.63) is 35.4 Å². The number of nitrogens with zero attached hydrogens (tertiary/aromatic N) is 1. The number of hydrogen-bond acceptors (Lipinski definition) is 5. The Balaban J connectivity index is 1.89. The predicted molar refractivity (Wildman–Crippen MR) is 102 cm³/mol. The van der Waals surface area contributed by atoms with Crippen molar-refractivity contribution < 1.29 is 23.9 Å². The molecule has 0 unspecified atom stereocenters. The maximum Gasteiger partial charge on any atom is 0.337 e. The number of carbonyl (C=O) groups is 4. The monoisotopic (exact) mass is 389 g/mol. The summed E-state index contributed by atoms with van der Waals surface area (Å²) in [6, 6.07) is 6.05. The molecule has 0 saturated carbocycles. The Morgan fingerprint density at radius 1 is 1.21 bits per heavy atom. The second kappa shape index (κ2) is 8.86. The standard InChI is InChI=1S/C20H27N3O5/c1-13(2)9-10-20(3)18(26)23(19(27)22-20)12-16(24)21-11-14-5-7-15(8-6-14)17(25)28-4/h5-8,13H,9-12H2,1-4H3,(H,21,24)(H,22,27)/t20-/m1/s1. The smallest absolute Gasteiger partial charge is 0.337 e. The van der Waals surface area contributed by atoms with E-state index in [0.29, 0.717) is 17.9 Å². The summed E-state index contributed by atoms with van der Waals surface area (Å²) in [7, 11) is 1.31. The maximum absolute atomic E-state index is 12.6. The summed E-state index contributed by atoms with van der Waals surface area (Å²) in [6.07, 6.45) is 1.32. The van der Waals surface area contributed by atoms with Crippen LogP contribution in [0.1, 0.15) is 49.5 Å². The van der Waals surface area contributed by atoms with Gasteiger partial charge in [0, 0.05) is 6.54 Å². The van der Waals surface area contributed by atoms with Crippen molar-refractivity contribution in [2.75, 3.05) is 13.7 Å². The summed E-state index contributed by atoms with van der Waals surface area (Å²) in [4.78, 5) is 49.3. The molecule has 28 heavy (non-hydrogen) atoms. The first kappa shape index (κ1) is 21.4. The minimum atomic E-state index is -0.967. The highest BCUT2D eigenvalue weighted by atomic mass is 16.5. The number of nitrogens with one attached hydrogen (secondary N) is 2. The third-order valence-electron chi connectivity index (χ3n) is 4.73. The van der Waals surface area contributed by atoms with E-state index in [9.17, 15) is 19.2 Å². The van der Waals surface area contributed by atoms with Crippen molar-refractivity contribution in [2.45, 2.75) is 45.7 Å². The number of hydrogen-bond donors (Lipinski definition) is 2. The number of esters is 1. The van der Waals surface area contributed by atoms with Gasteiger partial charge in [-0.05, 0) is 43.4 Å². The molecule has 1 aliphatic rings. The summed E-state index contributed by atoms with van der Waals surface area (Å²) < 4.78 is 4.63. The Kier molecular flexibility index (Phi) is 6.77. The lowest BCUT2D eigenvalue weighted by Gasteiger charge is -2.22. The topological polar surface area (TPSA) is 105 Å². The number of imide groups is 1. The SMILES string of the molecule is COC(=O)c1ccc(CNC(=O)CN2C(=O)N[C@](C)(CCC(C)C)C2=O)cc1. The summed E-state index contributed by atoms with van der Waals surface area (Å²) in [5.74, 6) is -0.844. The zero-order valence-corrected chi connectivity index (χ0v) is 16.7. The Labute approximate surface area is 164 Å². The van der Waals surface area contributed by atoms with Crippen LogP contribution in [0.4, 0.5) is 4.79 Å². The number of carbonyl (C=O) groups excluding carboxylic acids is 4. The van der Waals surface area contributed by atoms with Crippen LogP contribution in [0.15, 0.2) is 24.3 Å². The number of rotatable bonds is 8. The van der Waals surface area contributed by atoms with Gasteiger partial charge in [0.2, 0.25) is 5.91 Å². The molecule has 4 amide bonds. The van der Waals surface area contributed by atoms with Crippen LogP contribution >= 0.6 is 0 Å². The van der Waals surface area contributed by atoms with Gasteiger partial charge in [-0.1, -0.05) is 26.0 Å². The van der Waals surface area contributed by atoms with E-state index in [1.54, 1.807) is 31.2 Å². The molecule has 152 valence electrons. The van der Waals surface area contributed by atoms with Crippen LogP contribution < -0.4 is 10.6 Å². The van der Waals surface area contributed by atoms with E-state index in [0.717, 1.165) is 16.9 Å². The summed E-state index contributed by atoms with van der Waals surface area (Å²) in [5.41, 5.74) is 0.225. The van der Waals surface area contributed by atoms with E-state index in [2.05, 4.69) is 15.4 Å². The average Bonchev–Trinajstić information content (AvgIpc) is 2.88. The van der Waals surface area contributed by atoms with E-state index >= 15 is 0 Å². The van der Waals surface area contributed by atoms with Crippen molar-refractivity contribution in [2.24, 2.45) is 5.92 Å². The lowest BCUT2D eigenvalue weighted by Crippen LogP contribution is -2.45. The molecule has 1 saturated heterocycles. The van der Waals surface area contributed by atoms with E-state index in [1.807, 2.05) is 13.8 Å². The van der Waals surface area contributed by atoms with Crippen molar-refractivity contribution in [3.8, 4) is 0 Å². The molecule has 0 aliphatic carbocycles. The minimum absolute atomic E-state index is 0.217. The molecule has 0 spiro atoms. The Bertz CT molecular complexity index is 760. The van der Waals surface area contributed by atoms with Gasteiger partial charge in [0.1, 0.15) is 12.1 Å². The molecule has 1 aromatic rings. The van der Waals surface area contributed by atoms with Crippen LogP contribution in [0.2, 0.25) is 0 Å². The largest absolute Gasteiger partial charge is 0.465 e. The first-order valence-electron chi connectivity index (χ1n) is 9.24. The molecule has 1 aliphatic heterocycles. The maximum atomic E-state index is 12.6. The normalized spacial score (nSPS) is 19.0. The van der Waals surface area contributed by atoms with Crippen LogP contribution in [-0.2, 0) is 20.9 Å². The molecule has 2 N–H and O–H groups in total. The van der Waals surface area contributed by atoms with E-state index in [1.165, 1.54) is 7.11 Å². The third kappa shape index (κ3) is 5.09. The van der Waals surface area contributed by atoms with Crippen molar-refractivity contribution in [3.63, 3.8) is 0 Å². The molecule has 1 atom stereocenters. The molecule has 1 heterocycles. The molecule has 2 rings (SSSR count). The molecule has 0 bridgehead atoms. The first-order valence-corrected chi connectivity index (χ1v) is 9.24.